The molecule has 5 nitrogen and oxygen atoms in total. The number of ether oxygens (including phenoxy) is 4. The van der Waals surface area contributed by atoms with Crippen molar-refractivity contribution in [2.24, 2.45) is 0 Å². The van der Waals surface area contributed by atoms with Crippen LogP contribution in [0.25, 0.3) is 0 Å². The monoisotopic (exact) mass is 475 g/mol. The van der Waals surface area contributed by atoms with Crippen LogP contribution in [0.2, 0.25) is 10.0 Å². The van der Waals surface area contributed by atoms with Gasteiger partial charge in [-0.05, 0) is 66.1 Å². The van der Waals surface area contributed by atoms with Gasteiger partial charge in [-0.2, -0.15) is 0 Å². The molecule has 0 fully saturated rings. The third-order valence-electron chi connectivity index (χ3n) is 4.97. The van der Waals surface area contributed by atoms with Gasteiger partial charge in [0.2, 0.25) is 0 Å². The highest BCUT2D eigenvalue weighted by atomic mass is 35.5. The molecule has 0 aromatic heterocycles. The molecule has 170 valence electrons. The van der Waals surface area contributed by atoms with E-state index in [0.717, 1.165) is 42.1 Å². The van der Waals surface area contributed by atoms with Crippen LogP contribution in [0, 0.1) is 0 Å². The summed E-state index contributed by atoms with van der Waals surface area (Å²) in [5.41, 5.74) is 3.22. The number of nitrogens with one attached hydrogen (secondary N) is 1. The van der Waals surface area contributed by atoms with Crippen LogP contribution in [-0.4, -0.2) is 27.9 Å². The van der Waals surface area contributed by atoms with Gasteiger partial charge in [0.05, 0.1) is 31.4 Å². The highest BCUT2D eigenvalue weighted by Gasteiger charge is 2.08. The zero-order valence-electron chi connectivity index (χ0n) is 18.4. The molecular weight excluding hydrogens is 449 g/mol. The van der Waals surface area contributed by atoms with Gasteiger partial charge in [0.1, 0.15) is 6.61 Å². The molecule has 0 radical (unpaired) electrons. The SMILES string of the molecule is COc1ccc(CCNCc2ccc(OCc3ccc(Cl)c(Cl)c3)c(OC)c2)cc1OC. The van der Waals surface area contributed by atoms with Crippen molar-refractivity contribution >= 4 is 23.2 Å². The second-order valence-corrected chi connectivity index (χ2v) is 7.95. The maximum Gasteiger partial charge on any atom is 0.161 e. The molecule has 0 amide bonds. The summed E-state index contributed by atoms with van der Waals surface area (Å²) in [5, 5.41) is 4.49. The quantitative estimate of drug-likeness (QED) is 0.348. The van der Waals surface area contributed by atoms with Crippen LogP contribution in [0.5, 0.6) is 23.0 Å². The summed E-state index contributed by atoms with van der Waals surface area (Å²) >= 11 is 12.0. The lowest BCUT2D eigenvalue weighted by Gasteiger charge is -2.13. The van der Waals surface area contributed by atoms with Crippen LogP contribution in [-0.2, 0) is 19.6 Å². The zero-order valence-corrected chi connectivity index (χ0v) is 19.9. The molecule has 0 saturated carbocycles. The summed E-state index contributed by atoms with van der Waals surface area (Å²) in [7, 11) is 4.91. The van der Waals surface area contributed by atoms with Crippen LogP contribution in [0.15, 0.2) is 54.6 Å². The van der Waals surface area contributed by atoms with Crippen LogP contribution in [0.1, 0.15) is 16.7 Å². The number of hydrogen-bond donors (Lipinski definition) is 1. The minimum absolute atomic E-state index is 0.371. The van der Waals surface area contributed by atoms with Crippen molar-refractivity contribution in [3.8, 4) is 23.0 Å². The Labute approximate surface area is 199 Å². The largest absolute Gasteiger partial charge is 0.493 e. The fourth-order valence-corrected chi connectivity index (χ4v) is 3.55. The smallest absolute Gasteiger partial charge is 0.161 e. The average Bonchev–Trinajstić information content (AvgIpc) is 2.82. The third kappa shape index (κ3) is 6.45. The van der Waals surface area contributed by atoms with Crippen molar-refractivity contribution in [3.63, 3.8) is 0 Å². The molecule has 0 atom stereocenters. The van der Waals surface area contributed by atoms with E-state index in [2.05, 4.69) is 5.32 Å². The fourth-order valence-electron chi connectivity index (χ4n) is 3.23. The predicted octanol–water partition coefficient (Wildman–Crippen LogP) is 5.93. The van der Waals surface area contributed by atoms with Gasteiger partial charge >= 0.3 is 0 Å². The number of methoxy groups -OCH3 is 3. The second-order valence-electron chi connectivity index (χ2n) is 7.14. The maximum absolute atomic E-state index is 6.07. The molecule has 3 aromatic carbocycles. The van der Waals surface area contributed by atoms with Gasteiger partial charge in [0.25, 0.3) is 0 Å². The normalized spacial score (nSPS) is 10.7. The first-order valence-electron chi connectivity index (χ1n) is 10.2. The first-order chi connectivity index (χ1) is 15.5. The Morgan fingerprint density at radius 2 is 1.28 bits per heavy atom. The Morgan fingerprint density at radius 3 is 2.00 bits per heavy atom. The molecule has 32 heavy (non-hydrogen) atoms. The van der Waals surface area contributed by atoms with E-state index in [-0.39, 0.29) is 0 Å². The van der Waals surface area contributed by atoms with Crippen LogP contribution >= 0.6 is 23.2 Å². The lowest BCUT2D eigenvalue weighted by molar-refractivity contribution is 0.284. The van der Waals surface area contributed by atoms with Crippen molar-refractivity contribution in [3.05, 3.63) is 81.3 Å². The van der Waals surface area contributed by atoms with Crippen LogP contribution < -0.4 is 24.3 Å². The standard InChI is InChI=1S/C25H27Cl2NO4/c1-29-22-8-5-17(13-24(22)30-2)10-11-28-15-18-6-9-23(25(14-18)31-3)32-16-19-4-7-20(26)21(27)12-19/h4-9,12-14,28H,10-11,15-16H2,1-3H3. The van der Waals surface area contributed by atoms with E-state index in [1.54, 1.807) is 33.5 Å². The number of hydrogen-bond acceptors (Lipinski definition) is 5. The summed E-state index contributed by atoms with van der Waals surface area (Å²) in [6, 6.07) is 17.3. The lowest BCUT2D eigenvalue weighted by atomic mass is 10.1. The fraction of sp³-hybridized carbons (Fsp3) is 0.280. The van der Waals surface area contributed by atoms with Crippen molar-refractivity contribution in [2.45, 2.75) is 19.6 Å². The van der Waals surface area contributed by atoms with E-state index in [9.17, 15) is 0 Å². The van der Waals surface area contributed by atoms with Gasteiger partial charge in [0, 0.05) is 6.54 Å². The van der Waals surface area contributed by atoms with E-state index in [1.807, 2.05) is 42.5 Å². The van der Waals surface area contributed by atoms with E-state index < -0.39 is 0 Å². The lowest BCUT2D eigenvalue weighted by Crippen LogP contribution is -2.16. The van der Waals surface area contributed by atoms with Gasteiger partial charge in [-0.1, -0.05) is 41.4 Å². The Balaban J connectivity index is 1.52. The van der Waals surface area contributed by atoms with Crippen molar-refractivity contribution < 1.29 is 18.9 Å². The van der Waals surface area contributed by atoms with Crippen molar-refractivity contribution in [1.82, 2.24) is 5.32 Å². The van der Waals surface area contributed by atoms with E-state index in [0.29, 0.717) is 28.2 Å². The van der Waals surface area contributed by atoms with Gasteiger partial charge in [-0.15, -0.1) is 0 Å². The van der Waals surface area contributed by atoms with Gasteiger partial charge in [-0.25, -0.2) is 0 Å². The minimum Gasteiger partial charge on any atom is -0.493 e. The highest BCUT2D eigenvalue weighted by molar-refractivity contribution is 6.42. The maximum atomic E-state index is 6.07. The molecule has 0 aliphatic heterocycles. The molecular formula is C25H27Cl2NO4. The Morgan fingerprint density at radius 1 is 0.656 bits per heavy atom. The molecule has 0 aliphatic carbocycles. The molecule has 7 heteroatoms. The van der Waals surface area contributed by atoms with Crippen molar-refractivity contribution in [1.29, 1.82) is 0 Å². The summed E-state index contributed by atoms with van der Waals surface area (Å²) in [5.74, 6) is 2.83. The number of halogens is 2. The number of benzene rings is 3. The molecule has 3 rings (SSSR count). The first kappa shape index (κ1) is 24.1. The van der Waals surface area contributed by atoms with Gasteiger partial charge in [-0.3, -0.25) is 0 Å². The highest BCUT2D eigenvalue weighted by Crippen LogP contribution is 2.30. The van der Waals surface area contributed by atoms with Crippen LogP contribution in [0.3, 0.4) is 0 Å². The van der Waals surface area contributed by atoms with E-state index in [1.165, 1.54) is 5.56 Å². The third-order valence-corrected chi connectivity index (χ3v) is 5.71. The number of rotatable bonds is 11. The topological polar surface area (TPSA) is 49.0 Å². The molecule has 3 aromatic rings. The molecule has 0 saturated heterocycles. The average molecular weight is 476 g/mol. The molecule has 0 aliphatic rings. The molecule has 0 bridgehead atoms. The first-order valence-corrected chi connectivity index (χ1v) is 10.9. The summed E-state index contributed by atoms with van der Waals surface area (Å²) < 4.78 is 22.1. The Kier molecular flexibility index (Phi) is 8.91. The molecule has 0 heterocycles. The summed E-state index contributed by atoms with van der Waals surface area (Å²) in [6.45, 7) is 1.92. The zero-order chi connectivity index (χ0) is 22.9. The van der Waals surface area contributed by atoms with Gasteiger partial charge < -0.3 is 24.3 Å². The second kappa shape index (κ2) is 11.9. The Hall–Kier alpha value is -2.60. The summed E-state index contributed by atoms with van der Waals surface area (Å²) in [6.07, 6.45) is 0.877. The van der Waals surface area contributed by atoms with E-state index >= 15 is 0 Å². The van der Waals surface area contributed by atoms with Crippen LogP contribution in [0.4, 0.5) is 0 Å². The molecule has 0 unspecified atom stereocenters. The summed E-state index contributed by atoms with van der Waals surface area (Å²) in [4.78, 5) is 0. The molecule has 1 N–H and O–H groups in total. The molecule has 0 spiro atoms. The predicted molar refractivity (Wildman–Crippen MR) is 129 cm³/mol. The van der Waals surface area contributed by atoms with E-state index in [4.69, 9.17) is 42.1 Å². The Bertz CT molecular complexity index is 1040. The minimum atomic E-state index is 0.371. The van der Waals surface area contributed by atoms with Gasteiger partial charge in [0.15, 0.2) is 23.0 Å². The van der Waals surface area contributed by atoms with Crippen molar-refractivity contribution in [2.75, 3.05) is 27.9 Å².